The van der Waals surface area contributed by atoms with Gasteiger partial charge in [0.15, 0.2) is 0 Å². The molecule has 2 N–H and O–H groups in total. The third-order valence-corrected chi connectivity index (χ3v) is 3.54. The van der Waals surface area contributed by atoms with Crippen molar-refractivity contribution in [3.05, 3.63) is 22.4 Å². The van der Waals surface area contributed by atoms with Crippen LogP contribution in [0, 0.1) is 0 Å². The Morgan fingerprint density at radius 3 is 2.84 bits per heavy atom. The van der Waals surface area contributed by atoms with Crippen molar-refractivity contribution in [2.24, 2.45) is 0 Å². The number of carbonyl (C=O) groups is 2. The van der Waals surface area contributed by atoms with Gasteiger partial charge in [-0.15, -0.1) is 11.3 Å². The maximum Gasteiger partial charge on any atom is 0.323 e. The average Bonchev–Trinajstić information content (AvgIpc) is 2.87. The number of nitrogens with one attached hydrogen (secondary N) is 1. The van der Waals surface area contributed by atoms with Gasteiger partial charge in [-0.25, -0.2) is 4.79 Å². The minimum absolute atomic E-state index is 0.147. The highest BCUT2D eigenvalue weighted by atomic mass is 32.1. The lowest BCUT2D eigenvalue weighted by Gasteiger charge is -2.23. The maximum absolute atomic E-state index is 12.0. The van der Waals surface area contributed by atoms with Gasteiger partial charge in [0.25, 0.3) is 0 Å². The van der Waals surface area contributed by atoms with Crippen LogP contribution in [0.15, 0.2) is 17.5 Å². The number of rotatable bonds is 7. The number of hydrogen-bond donors (Lipinski definition) is 2. The van der Waals surface area contributed by atoms with Crippen LogP contribution in [0.4, 0.5) is 4.79 Å². The molecule has 0 aliphatic carbocycles. The predicted octanol–water partition coefficient (Wildman–Crippen LogP) is 1.55. The van der Waals surface area contributed by atoms with E-state index in [9.17, 15) is 9.59 Å². The van der Waals surface area contributed by atoms with E-state index in [0.717, 1.165) is 4.88 Å². The van der Waals surface area contributed by atoms with Gasteiger partial charge in [-0.3, -0.25) is 4.79 Å². The van der Waals surface area contributed by atoms with Crippen LogP contribution in [-0.2, 0) is 9.53 Å². The van der Waals surface area contributed by atoms with Crippen LogP contribution in [0.2, 0.25) is 0 Å². The van der Waals surface area contributed by atoms with Crippen molar-refractivity contribution < 1.29 is 19.4 Å². The zero-order valence-corrected chi connectivity index (χ0v) is 11.8. The number of carboxylic acid groups (broad SMARTS) is 1. The molecule has 1 heterocycles. The highest BCUT2D eigenvalue weighted by Crippen LogP contribution is 2.18. The summed E-state index contributed by atoms with van der Waals surface area (Å²) >= 11 is 1.54. The summed E-state index contributed by atoms with van der Waals surface area (Å²) in [6.45, 7) is 2.06. The van der Waals surface area contributed by atoms with Gasteiger partial charge in [-0.05, 0) is 18.4 Å². The van der Waals surface area contributed by atoms with E-state index in [4.69, 9.17) is 9.84 Å². The third-order valence-electron chi connectivity index (χ3n) is 2.49. The molecule has 0 saturated carbocycles. The Morgan fingerprint density at radius 2 is 2.32 bits per heavy atom. The largest absolute Gasteiger partial charge is 0.480 e. The molecular formula is C12H18N2O4S. The zero-order chi connectivity index (χ0) is 14.3. The van der Waals surface area contributed by atoms with Gasteiger partial charge < -0.3 is 20.1 Å². The molecule has 106 valence electrons. The van der Waals surface area contributed by atoms with Crippen LogP contribution < -0.4 is 5.32 Å². The summed E-state index contributed by atoms with van der Waals surface area (Å²) in [5, 5.41) is 13.5. The van der Waals surface area contributed by atoms with Crippen molar-refractivity contribution >= 4 is 23.3 Å². The minimum atomic E-state index is -1.05. The van der Waals surface area contributed by atoms with Crippen LogP contribution >= 0.6 is 11.3 Å². The van der Waals surface area contributed by atoms with Gasteiger partial charge in [-0.1, -0.05) is 6.07 Å². The number of urea groups is 1. The lowest BCUT2D eigenvalue weighted by molar-refractivity contribution is -0.137. The highest BCUT2D eigenvalue weighted by Gasteiger charge is 2.19. The SMILES string of the molecule is COCCN(CC(=O)O)C(=O)NC(C)c1cccs1. The Bertz CT molecular complexity index is 408. The fraction of sp³-hybridized carbons (Fsp3) is 0.500. The van der Waals surface area contributed by atoms with E-state index in [-0.39, 0.29) is 19.1 Å². The molecule has 0 aromatic carbocycles. The molecule has 7 heteroatoms. The van der Waals surface area contributed by atoms with Gasteiger partial charge >= 0.3 is 12.0 Å². The first-order valence-corrected chi connectivity index (χ1v) is 6.72. The topological polar surface area (TPSA) is 78.9 Å². The van der Waals surface area contributed by atoms with Gasteiger partial charge in [0, 0.05) is 18.5 Å². The van der Waals surface area contributed by atoms with E-state index in [2.05, 4.69) is 5.32 Å². The Balaban J connectivity index is 2.57. The molecule has 0 aliphatic heterocycles. The number of aliphatic carboxylic acids is 1. The minimum Gasteiger partial charge on any atom is -0.480 e. The van der Waals surface area contributed by atoms with E-state index in [1.165, 1.54) is 12.0 Å². The fourth-order valence-corrected chi connectivity index (χ4v) is 2.24. The molecular weight excluding hydrogens is 268 g/mol. The smallest absolute Gasteiger partial charge is 0.323 e. The molecule has 1 aromatic rings. The van der Waals surface area contributed by atoms with E-state index >= 15 is 0 Å². The summed E-state index contributed by atoms with van der Waals surface area (Å²) in [5.74, 6) is -1.05. The van der Waals surface area contributed by atoms with Crippen LogP contribution in [0.3, 0.4) is 0 Å². The first kappa shape index (κ1) is 15.5. The van der Waals surface area contributed by atoms with Crippen molar-refractivity contribution in [1.29, 1.82) is 0 Å². The normalized spacial score (nSPS) is 11.9. The second-order valence-corrected chi connectivity index (χ2v) is 4.97. The molecule has 1 atom stereocenters. The number of hydrogen-bond acceptors (Lipinski definition) is 4. The number of nitrogens with zero attached hydrogens (tertiary/aromatic N) is 1. The molecule has 1 rings (SSSR count). The van der Waals surface area contributed by atoms with Crippen molar-refractivity contribution in [1.82, 2.24) is 10.2 Å². The standard InChI is InChI=1S/C12H18N2O4S/c1-9(10-4-3-7-19-10)13-12(17)14(5-6-18-2)8-11(15)16/h3-4,7,9H,5-6,8H2,1-2H3,(H,13,17)(H,15,16). The maximum atomic E-state index is 12.0. The van der Waals surface area contributed by atoms with Crippen LogP contribution in [0.1, 0.15) is 17.8 Å². The predicted molar refractivity (Wildman–Crippen MR) is 72.4 cm³/mol. The quantitative estimate of drug-likeness (QED) is 0.797. The summed E-state index contributed by atoms with van der Waals surface area (Å²) in [7, 11) is 1.51. The highest BCUT2D eigenvalue weighted by molar-refractivity contribution is 7.10. The molecule has 19 heavy (non-hydrogen) atoms. The number of thiophene rings is 1. The first-order chi connectivity index (χ1) is 9.04. The Kier molecular flexibility index (Phi) is 6.31. The van der Waals surface area contributed by atoms with Crippen LogP contribution in [0.25, 0.3) is 0 Å². The van der Waals surface area contributed by atoms with E-state index in [1.807, 2.05) is 24.4 Å². The monoisotopic (exact) mass is 286 g/mol. The van der Waals surface area contributed by atoms with Crippen molar-refractivity contribution in [2.45, 2.75) is 13.0 Å². The summed E-state index contributed by atoms with van der Waals surface area (Å²) in [6.07, 6.45) is 0. The molecule has 1 aromatic heterocycles. The number of ether oxygens (including phenoxy) is 1. The van der Waals surface area contributed by atoms with Crippen molar-refractivity contribution in [3.63, 3.8) is 0 Å². The molecule has 6 nitrogen and oxygen atoms in total. The molecule has 0 aliphatic rings. The van der Waals surface area contributed by atoms with E-state index in [1.54, 1.807) is 11.3 Å². The van der Waals surface area contributed by atoms with Gasteiger partial charge in [-0.2, -0.15) is 0 Å². The molecule has 0 saturated heterocycles. The summed E-state index contributed by atoms with van der Waals surface area (Å²) in [4.78, 5) is 25.0. The van der Waals surface area contributed by atoms with Crippen molar-refractivity contribution in [2.75, 3.05) is 26.8 Å². The fourth-order valence-electron chi connectivity index (χ4n) is 1.50. The molecule has 2 amide bonds. The van der Waals surface area contributed by atoms with Gasteiger partial charge in [0.1, 0.15) is 6.54 Å². The Morgan fingerprint density at radius 1 is 1.58 bits per heavy atom. The van der Waals surface area contributed by atoms with Gasteiger partial charge in [0.2, 0.25) is 0 Å². The number of carboxylic acids is 1. The third kappa shape index (κ3) is 5.27. The number of methoxy groups -OCH3 is 1. The molecule has 1 unspecified atom stereocenters. The summed E-state index contributed by atoms with van der Waals surface area (Å²) < 4.78 is 4.87. The second-order valence-electron chi connectivity index (χ2n) is 3.99. The Labute approximate surface area is 116 Å². The molecule has 0 spiro atoms. The van der Waals surface area contributed by atoms with E-state index < -0.39 is 12.0 Å². The summed E-state index contributed by atoms with van der Waals surface area (Å²) in [5.41, 5.74) is 0. The van der Waals surface area contributed by atoms with Gasteiger partial charge in [0.05, 0.1) is 12.6 Å². The van der Waals surface area contributed by atoms with Crippen LogP contribution in [0.5, 0.6) is 0 Å². The lowest BCUT2D eigenvalue weighted by Crippen LogP contribution is -2.44. The van der Waals surface area contributed by atoms with E-state index in [0.29, 0.717) is 6.61 Å². The molecule has 0 bridgehead atoms. The van der Waals surface area contributed by atoms with Crippen LogP contribution in [-0.4, -0.2) is 48.8 Å². The average molecular weight is 286 g/mol. The lowest BCUT2D eigenvalue weighted by atomic mass is 10.3. The molecule has 0 fully saturated rings. The number of amides is 2. The second kappa shape index (κ2) is 7.75. The zero-order valence-electron chi connectivity index (χ0n) is 11.0. The first-order valence-electron chi connectivity index (χ1n) is 5.84. The molecule has 0 radical (unpaired) electrons. The Hall–Kier alpha value is -1.60. The van der Waals surface area contributed by atoms with Crippen molar-refractivity contribution in [3.8, 4) is 0 Å². The summed E-state index contributed by atoms with van der Waals surface area (Å²) in [6, 6.07) is 3.28. The number of carbonyl (C=O) groups excluding carboxylic acids is 1.